The van der Waals surface area contributed by atoms with E-state index in [1.54, 1.807) is 0 Å². The Morgan fingerprint density at radius 2 is 1.89 bits per heavy atom. The first-order valence-electron chi connectivity index (χ1n) is 9.89. The van der Waals surface area contributed by atoms with Crippen LogP contribution in [0.5, 0.6) is 5.75 Å². The molecule has 0 saturated heterocycles. The average molecular weight is 398 g/mol. The van der Waals surface area contributed by atoms with Crippen LogP contribution in [0.3, 0.4) is 0 Å². The smallest absolute Gasteiger partial charge is 0.217 e. The molecule has 1 aliphatic carbocycles. The highest BCUT2D eigenvalue weighted by molar-refractivity contribution is 6.31. The largest absolute Gasteiger partial charge is 0.494 e. The summed E-state index contributed by atoms with van der Waals surface area (Å²) >= 11 is 6.35. The van der Waals surface area contributed by atoms with Gasteiger partial charge in [0.1, 0.15) is 5.75 Å². The normalized spacial score (nSPS) is 20.9. The minimum absolute atomic E-state index is 0.0215. The van der Waals surface area contributed by atoms with Crippen molar-refractivity contribution in [2.45, 2.75) is 77.7 Å². The van der Waals surface area contributed by atoms with E-state index in [2.05, 4.69) is 12.2 Å². The van der Waals surface area contributed by atoms with Gasteiger partial charge in [-0.05, 0) is 56.7 Å². The fourth-order valence-corrected chi connectivity index (χ4v) is 3.42. The number of rotatable bonds is 10. The van der Waals surface area contributed by atoms with Gasteiger partial charge in [-0.3, -0.25) is 4.79 Å². The van der Waals surface area contributed by atoms with Gasteiger partial charge in [-0.1, -0.05) is 24.6 Å². The first kappa shape index (κ1) is 22.0. The van der Waals surface area contributed by atoms with E-state index < -0.39 is 0 Å². The lowest BCUT2D eigenvalue weighted by Gasteiger charge is -2.29. The van der Waals surface area contributed by atoms with Gasteiger partial charge in [-0.15, -0.1) is 0 Å². The fourth-order valence-electron chi connectivity index (χ4n) is 3.20. The number of hydrogen-bond donors (Lipinski definition) is 1. The molecule has 1 aliphatic rings. The van der Waals surface area contributed by atoms with Crippen LogP contribution in [0, 0.1) is 0 Å². The van der Waals surface area contributed by atoms with Crippen LogP contribution in [0.4, 0.5) is 0 Å². The fraction of sp³-hybridized carbons (Fsp3) is 0.667. The predicted molar refractivity (Wildman–Crippen MR) is 107 cm³/mol. The van der Waals surface area contributed by atoms with Crippen molar-refractivity contribution in [1.29, 1.82) is 0 Å². The van der Waals surface area contributed by atoms with Gasteiger partial charge < -0.3 is 19.5 Å². The Kier molecular flexibility index (Phi) is 9.39. The molecule has 0 heterocycles. The van der Waals surface area contributed by atoms with E-state index >= 15 is 0 Å². The lowest BCUT2D eigenvalue weighted by molar-refractivity contribution is -0.120. The molecular weight excluding hydrogens is 366 g/mol. The van der Waals surface area contributed by atoms with Crippen LogP contribution in [0.15, 0.2) is 18.2 Å². The van der Waals surface area contributed by atoms with Crippen molar-refractivity contribution < 1.29 is 19.0 Å². The number of carbonyl (C=O) groups excluding carboxylic acids is 1. The molecule has 0 unspecified atom stereocenters. The van der Waals surface area contributed by atoms with Gasteiger partial charge in [0.15, 0.2) is 0 Å². The van der Waals surface area contributed by atoms with E-state index in [-0.39, 0.29) is 24.2 Å². The Balaban J connectivity index is 1.68. The van der Waals surface area contributed by atoms with Crippen LogP contribution in [-0.4, -0.2) is 37.4 Å². The van der Waals surface area contributed by atoms with Gasteiger partial charge in [-0.2, -0.15) is 0 Å². The summed E-state index contributed by atoms with van der Waals surface area (Å²) in [6, 6.07) is 5.83. The first-order valence-corrected chi connectivity index (χ1v) is 10.3. The van der Waals surface area contributed by atoms with E-state index in [1.807, 2.05) is 25.1 Å². The molecular formula is C21H32ClNO4. The molecule has 1 N–H and O–H groups in total. The van der Waals surface area contributed by atoms with E-state index in [0.29, 0.717) is 24.8 Å². The third-order valence-electron chi connectivity index (χ3n) is 4.62. The number of nitrogens with one attached hydrogen (secondary N) is 1. The van der Waals surface area contributed by atoms with Crippen molar-refractivity contribution in [2.24, 2.45) is 0 Å². The highest BCUT2D eigenvalue weighted by Crippen LogP contribution is 2.27. The van der Waals surface area contributed by atoms with Gasteiger partial charge in [0.25, 0.3) is 0 Å². The standard InChI is InChI=1S/C21H32ClNO4/c1-4-11-25-20-6-5-17(21(22)12-20)14-27-19-9-7-18(8-10-19)26-13-15(2)23-16(3)24/h5-6,12,15,18-19H,4,7-11,13-14H2,1-3H3,(H,23,24)/t15-,18?,19?/m0/s1. The quantitative estimate of drug-likeness (QED) is 0.631. The predicted octanol–water partition coefficient (Wildman–Crippen LogP) is 4.50. The number of hydrogen-bond acceptors (Lipinski definition) is 4. The van der Waals surface area contributed by atoms with Crippen molar-refractivity contribution in [1.82, 2.24) is 5.32 Å². The molecule has 0 spiro atoms. The SMILES string of the molecule is CCCOc1ccc(COC2CCC(OC[C@H](C)NC(C)=O)CC2)c(Cl)c1. The highest BCUT2D eigenvalue weighted by atomic mass is 35.5. The lowest BCUT2D eigenvalue weighted by Crippen LogP contribution is -2.36. The zero-order valence-electron chi connectivity index (χ0n) is 16.6. The molecule has 1 saturated carbocycles. The molecule has 1 atom stereocenters. The number of halogens is 1. The molecule has 0 aromatic heterocycles. The van der Waals surface area contributed by atoms with Gasteiger partial charge in [-0.25, -0.2) is 0 Å². The Morgan fingerprint density at radius 3 is 2.48 bits per heavy atom. The minimum Gasteiger partial charge on any atom is -0.494 e. The minimum atomic E-state index is -0.0215. The molecule has 2 rings (SSSR count). The first-order chi connectivity index (χ1) is 13.0. The molecule has 1 aromatic carbocycles. The van der Waals surface area contributed by atoms with Crippen LogP contribution in [0.25, 0.3) is 0 Å². The Morgan fingerprint density at radius 1 is 1.22 bits per heavy atom. The zero-order chi connectivity index (χ0) is 19.6. The lowest BCUT2D eigenvalue weighted by atomic mass is 9.95. The van der Waals surface area contributed by atoms with E-state index in [1.165, 1.54) is 6.92 Å². The van der Waals surface area contributed by atoms with Crippen LogP contribution in [-0.2, 0) is 20.9 Å². The molecule has 1 aromatic rings. The topological polar surface area (TPSA) is 56.8 Å². The van der Waals surface area contributed by atoms with E-state index in [9.17, 15) is 4.79 Å². The molecule has 0 bridgehead atoms. The van der Waals surface area contributed by atoms with Crippen LogP contribution >= 0.6 is 11.6 Å². The Labute approximate surface area is 167 Å². The summed E-state index contributed by atoms with van der Waals surface area (Å²) in [4.78, 5) is 11.0. The monoisotopic (exact) mass is 397 g/mol. The number of amides is 1. The van der Waals surface area contributed by atoms with E-state index in [4.69, 9.17) is 25.8 Å². The second kappa shape index (κ2) is 11.5. The Bertz CT molecular complexity index is 588. The van der Waals surface area contributed by atoms with Gasteiger partial charge in [0, 0.05) is 18.0 Å². The second-order valence-electron chi connectivity index (χ2n) is 7.25. The van der Waals surface area contributed by atoms with Crippen LogP contribution in [0.1, 0.15) is 58.4 Å². The number of carbonyl (C=O) groups is 1. The number of benzene rings is 1. The van der Waals surface area contributed by atoms with Crippen LogP contribution in [0.2, 0.25) is 5.02 Å². The molecule has 5 nitrogen and oxygen atoms in total. The van der Waals surface area contributed by atoms with Gasteiger partial charge >= 0.3 is 0 Å². The molecule has 6 heteroatoms. The average Bonchev–Trinajstić information content (AvgIpc) is 2.64. The van der Waals surface area contributed by atoms with Gasteiger partial charge in [0.2, 0.25) is 5.91 Å². The van der Waals surface area contributed by atoms with Gasteiger partial charge in [0.05, 0.1) is 32.0 Å². The molecule has 152 valence electrons. The summed E-state index contributed by atoms with van der Waals surface area (Å²) < 4.78 is 17.6. The summed E-state index contributed by atoms with van der Waals surface area (Å²) in [6.07, 6.45) is 5.39. The molecule has 0 aliphatic heterocycles. The maximum atomic E-state index is 11.0. The van der Waals surface area contributed by atoms with E-state index in [0.717, 1.165) is 43.4 Å². The molecule has 1 fully saturated rings. The molecule has 0 radical (unpaired) electrons. The summed E-state index contributed by atoms with van der Waals surface area (Å²) in [6.45, 7) is 7.32. The summed E-state index contributed by atoms with van der Waals surface area (Å²) in [5.41, 5.74) is 0.989. The van der Waals surface area contributed by atoms with Crippen molar-refractivity contribution >= 4 is 17.5 Å². The number of ether oxygens (including phenoxy) is 3. The van der Waals surface area contributed by atoms with Crippen molar-refractivity contribution in [3.8, 4) is 5.75 Å². The Hall–Kier alpha value is -1.30. The third kappa shape index (κ3) is 8.08. The maximum Gasteiger partial charge on any atom is 0.217 e. The van der Waals surface area contributed by atoms with Crippen molar-refractivity contribution in [3.63, 3.8) is 0 Å². The maximum absolute atomic E-state index is 11.0. The molecule has 27 heavy (non-hydrogen) atoms. The summed E-state index contributed by atoms with van der Waals surface area (Å²) in [5, 5.41) is 3.53. The van der Waals surface area contributed by atoms with Crippen molar-refractivity contribution in [2.75, 3.05) is 13.2 Å². The third-order valence-corrected chi connectivity index (χ3v) is 4.98. The summed E-state index contributed by atoms with van der Waals surface area (Å²) in [5.74, 6) is 0.781. The molecule has 1 amide bonds. The van der Waals surface area contributed by atoms with Crippen molar-refractivity contribution in [3.05, 3.63) is 28.8 Å². The zero-order valence-corrected chi connectivity index (χ0v) is 17.4. The van der Waals surface area contributed by atoms with Crippen LogP contribution < -0.4 is 10.1 Å². The summed E-state index contributed by atoms with van der Waals surface area (Å²) in [7, 11) is 0. The highest BCUT2D eigenvalue weighted by Gasteiger charge is 2.23. The second-order valence-corrected chi connectivity index (χ2v) is 7.65.